The third-order valence-electron chi connectivity index (χ3n) is 4.34. The Bertz CT molecular complexity index is 1150. The topological polar surface area (TPSA) is 75.1 Å². The molecule has 0 unspecified atom stereocenters. The summed E-state index contributed by atoms with van der Waals surface area (Å²) in [7, 11) is 0. The van der Waals surface area contributed by atoms with Crippen LogP contribution < -0.4 is 5.32 Å². The summed E-state index contributed by atoms with van der Waals surface area (Å²) in [5.41, 5.74) is 3.39. The van der Waals surface area contributed by atoms with Crippen molar-refractivity contribution in [2.24, 2.45) is 0 Å². The minimum Gasteiger partial charge on any atom is -0.350 e. The van der Waals surface area contributed by atoms with Gasteiger partial charge in [-0.25, -0.2) is 14.4 Å². The van der Waals surface area contributed by atoms with Crippen LogP contribution in [-0.4, -0.2) is 31.8 Å². The zero-order valence-electron chi connectivity index (χ0n) is 14.6. The van der Waals surface area contributed by atoms with Crippen molar-refractivity contribution in [3.63, 3.8) is 0 Å². The van der Waals surface area contributed by atoms with Crippen LogP contribution >= 0.6 is 15.9 Å². The molecule has 0 aliphatic rings. The number of hydrogen-bond acceptors (Lipinski definition) is 3. The number of hydrogen-bond donors (Lipinski definition) is 2. The highest BCUT2D eigenvalue weighted by Gasteiger charge is 2.18. The van der Waals surface area contributed by atoms with Crippen molar-refractivity contribution in [3.8, 4) is 0 Å². The van der Waals surface area contributed by atoms with E-state index in [2.05, 4.69) is 36.2 Å². The lowest BCUT2D eigenvalue weighted by atomic mass is 10.2. The number of aromatic amines is 1. The molecule has 0 atom stereocenters. The third-order valence-corrected chi connectivity index (χ3v) is 4.81. The number of fused-ring (bicyclic) bond motifs is 2. The van der Waals surface area contributed by atoms with E-state index < -0.39 is 0 Å². The lowest BCUT2D eigenvalue weighted by molar-refractivity contribution is 0.0947. The maximum absolute atomic E-state index is 13.3. The molecule has 0 aliphatic carbocycles. The largest absolute Gasteiger partial charge is 0.350 e. The fourth-order valence-electron chi connectivity index (χ4n) is 3.09. The van der Waals surface area contributed by atoms with Gasteiger partial charge in [0.2, 0.25) is 0 Å². The molecule has 1 amide bonds. The van der Waals surface area contributed by atoms with Gasteiger partial charge in [-0.15, -0.1) is 0 Å². The second-order valence-electron chi connectivity index (χ2n) is 6.19. The number of H-pyrrole nitrogens is 1. The second kappa shape index (κ2) is 7.11. The summed E-state index contributed by atoms with van der Waals surface area (Å²) in [5.74, 6) is 0.212. The van der Waals surface area contributed by atoms with Crippen molar-refractivity contribution >= 4 is 38.5 Å². The summed E-state index contributed by atoms with van der Waals surface area (Å²) in [6.45, 7) is 2.38. The van der Waals surface area contributed by atoms with Crippen LogP contribution in [0.3, 0.4) is 0 Å². The normalized spacial score (nSPS) is 11.4. The van der Waals surface area contributed by atoms with Crippen LogP contribution in [0.2, 0.25) is 0 Å². The quantitative estimate of drug-likeness (QED) is 0.508. The molecule has 27 heavy (non-hydrogen) atoms. The number of aryl methyl sites for hydroxylation is 1. The molecular weight excluding hydrogens is 413 g/mol. The van der Waals surface area contributed by atoms with E-state index in [-0.39, 0.29) is 11.7 Å². The highest BCUT2D eigenvalue weighted by atomic mass is 79.9. The first kappa shape index (κ1) is 17.7. The molecule has 3 heterocycles. The van der Waals surface area contributed by atoms with E-state index in [4.69, 9.17) is 0 Å². The van der Waals surface area contributed by atoms with Crippen molar-refractivity contribution in [1.29, 1.82) is 0 Å². The van der Waals surface area contributed by atoms with E-state index in [1.54, 1.807) is 10.5 Å². The monoisotopic (exact) mass is 429 g/mol. The summed E-state index contributed by atoms with van der Waals surface area (Å²) >= 11 is 3.43. The molecule has 3 aromatic heterocycles. The van der Waals surface area contributed by atoms with Gasteiger partial charge in [-0.2, -0.15) is 0 Å². The maximum Gasteiger partial charge on any atom is 0.270 e. The Morgan fingerprint density at radius 2 is 2.15 bits per heavy atom. The maximum atomic E-state index is 13.3. The Balaban J connectivity index is 1.50. The van der Waals surface area contributed by atoms with Gasteiger partial charge in [0, 0.05) is 23.6 Å². The standard InChI is InChI=1S/C19H17BrFN5O/c1-2-13-18(26-10-11(20)3-6-17(26)25-13)19(27)22-8-7-16-23-14-5-4-12(21)9-15(14)24-16/h3-6,9-10H,2,7-8H2,1H3,(H,22,27)(H,23,24). The third kappa shape index (κ3) is 3.44. The van der Waals surface area contributed by atoms with Gasteiger partial charge in [0.05, 0.1) is 16.7 Å². The smallest absolute Gasteiger partial charge is 0.270 e. The molecule has 0 saturated heterocycles. The molecule has 6 nitrogen and oxygen atoms in total. The SMILES string of the molecule is CCc1nc2ccc(Br)cn2c1C(=O)NCCc1nc2ccc(F)cc2[nH]1. The molecule has 0 fully saturated rings. The van der Waals surface area contributed by atoms with Gasteiger partial charge in [-0.05, 0) is 52.7 Å². The molecule has 4 aromatic rings. The molecular formula is C19H17BrFN5O. The molecule has 0 radical (unpaired) electrons. The first-order valence-corrected chi connectivity index (χ1v) is 9.43. The summed E-state index contributed by atoms with van der Waals surface area (Å²) in [5, 5.41) is 2.93. The van der Waals surface area contributed by atoms with Crippen molar-refractivity contribution < 1.29 is 9.18 Å². The molecule has 4 rings (SSSR count). The molecule has 8 heteroatoms. The van der Waals surface area contributed by atoms with Crippen molar-refractivity contribution in [2.75, 3.05) is 6.54 Å². The van der Waals surface area contributed by atoms with Crippen LogP contribution in [0.5, 0.6) is 0 Å². The van der Waals surface area contributed by atoms with Crippen LogP contribution in [0.25, 0.3) is 16.7 Å². The van der Waals surface area contributed by atoms with E-state index >= 15 is 0 Å². The fraction of sp³-hybridized carbons (Fsp3) is 0.211. The average molecular weight is 430 g/mol. The van der Waals surface area contributed by atoms with Gasteiger partial charge >= 0.3 is 0 Å². The zero-order chi connectivity index (χ0) is 19.0. The molecule has 2 N–H and O–H groups in total. The summed E-state index contributed by atoms with van der Waals surface area (Å²) in [6, 6.07) is 8.19. The van der Waals surface area contributed by atoms with Gasteiger partial charge in [0.15, 0.2) is 0 Å². The van der Waals surface area contributed by atoms with Crippen LogP contribution in [0, 0.1) is 5.82 Å². The number of halogens is 2. The number of nitrogens with one attached hydrogen (secondary N) is 2. The van der Waals surface area contributed by atoms with E-state index in [1.807, 2.05) is 25.3 Å². The van der Waals surface area contributed by atoms with Crippen LogP contribution in [0.15, 0.2) is 41.0 Å². The predicted molar refractivity (Wildman–Crippen MR) is 104 cm³/mol. The Labute approximate surface area is 163 Å². The number of benzene rings is 1. The highest BCUT2D eigenvalue weighted by molar-refractivity contribution is 9.10. The highest BCUT2D eigenvalue weighted by Crippen LogP contribution is 2.18. The van der Waals surface area contributed by atoms with Crippen LogP contribution in [-0.2, 0) is 12.8 Å². The first-order valence-electron chi connectivity index (χ1n) is 8.64. The minimum absolute atomic E-state index is 0.181. The molecule has 1 aromatic carbocycles. The van der Waals surface area contributed by atoms with Gasteiger partial charge in [-0.3, -0.25) is 9.20 Å². The van der Waals surface area contributed by atoms with E-state index in [1.165, 1.54) is 12.1 Å². The van der Waals surface area contributed by atoms with Gasteiger partial charge in [-0.1, -0.05) is 6.92 Å². The molecule has 0 aliphatic heterocycles. The van der Waals surface area contributed by atoms with Crippen molar-refractivity contribution in [3.05, 3.63) is 64.0 Å². The van der Waals surface area contributed by atoms with Crippen molar-refractivity contribution in [1.82, 2.24) is 24.7 Å². The molecule has 0 bridgehead atoms. The van der Waals surface area contributed by atoms with Gasteiger partial charge < -0.3 is 10.3 Å². The summed E-state index contributed by atoms with van der Waals surface area (Å²) in [4.78, 5) is 24.8. The number of rotatable bonds is 5. The first-order chi connectivity index (χ1) is 13.0. The molecule has 138 valence electrons. The Hall–Kier alpha value is -2.74. The van der Waals surface area contributed by atoms with Crippen molar-refractivity contribution in [2.45, 2.75) is 19.8 Å². The van der Waals surface area contributed by atoms with Crippen LogP contribution in [0.1, 0.15) is 28.9 Å². The zero-order valence-corrected chi connectivity index (χ0v) is 16.2. The van der Waals surface area contributed by atoms with E-state index in [0.29, 0.717) is 41.9 Å². The lowest BCUT2D eigenvalue weighted by Crippen LogP contribution is -2.28. The Morgan fingerprint density at radius 1 is 1.30 bits per heavy atom. The summed E-state index contributed by atoms with van der Waals surface area (Å²) < 4.78 is 15.9. The number of aromatic nitrogens is 4. The summed E-state index contributed by atoms with van der Waals surface area (Å²) in [6.07, 6.45) is 3.02. The second-order valence-corrected chi connectivity index (χ2v) is 7.10. The molecule has 0 saturated carbocycles. The Kier molecular flexibility index (Phi) is 4.65. The Morgan fingerprint density at radius 3 is 2.96 bits per heavy atom. The minimum atomic E-state index is -0.308. The number of carbonyl (C=O) groups excluding carboxylic acids is 1. The average Bonchev–Trinajstić information content (AvgIpc) is 3.21. The number of imidazole rings is 2. The molecule has 0 spiro atoms. The number of amides is 1. The number of carbonyl (C=O) groups is 1. The number of pyridine rings is 1. The lowest BCUT2D eigenvalue weighted by Gasteiger charge is -2.06. The van der Waals surface area contributed by atoms with Gasteiger partial charge in [0.1, 0.15) is 23.0 Å². The predicted octanol–water partition coefficient (Wildman–Crippen LogP) is 3.65. The van der Waals surface area contributed by atoms with E-state index in [9.17, 15) is 9.18 Å². The van der Waals surface area contributed by atoms with Crippen LogP contribution in [0.4, 0.5) is 4.39 Å². The van der Waals surface area contributed by atoms with Gasteiger partial charge in [0.25, 0.3) is 5.91 Å². The number of nitrogens with zero attached hydrogens (tertiary/aromatic N) is 3. The van der Waals surface area contributed by atoms with E-state index in [0.717, 1.165) is 15.8 Å². The fourth-order valence-corrected chi connectivity index (χ4v) is 3.42.